The summed E-state index contributed by atoms with van der Waals surface area (Å²) in [6, 6.07) is 4.74. The minimum Gasteiger partial charge on any atom is -0.457 e. The van der Waals surface area contributed by atoms with Crippen LogP contribution in [0.4, 0.5) is 0 Å². The molecule has 2 aliphatic carbocycles. The molecule has 0 bridgehead atoms. The zero-order chi connectivity index (χ0) is 18.5. The fourth-order valence-electron chi connectivity index (χ4n) is 4.06. The number of imidazole rings is 1. The van der Waals surface area contributed by atoms with Crippen molar-refractivity contribution < 1.29 is 17.9 Å². The van der Waals surface area contributed by atoms with E-state index in [2.05, 4.69) is 9.97 Å². The minimum absolute atomic E-state index is 0.0683. The lowest BCUT2D eigenvalue weighted by atomic mass is 10.0. The lowest BCUT2D eigenvalue weighted by Gasteiger charge is -2.10. The summed E-state index contributed by atoms with van der Waals surface area (Å²) < 4.78 is 31.1. The van der Waals surface area contributed by atoms with Gasteiger partial charge in [0.15, 0.2) is 0 Å². The smallest absolute Gasteiger partial charge is 0.309 e. The first-order valence-electron chi connectivity index (χ1n) is 8.96. The van der Waals surface area contributed by atoms with Gasteiger partial charge in [-0.2, -0.15) is 0 Å². The monoisotopic (exact) mass is 377 g/mol. The second kappa shape index (κ2) is 6.35. The number of nitrogens with zero attached hydrogens (tertiary/aromatic N) is 2. The molecule has 1 N–H and O–H groups in total. The summed E-state index contributed by atoms with van der Waals surface area (Å²) in [5.74, 6) is 1.50. The Hall–Kier alpha value is -1.93. The van der Waals surface area contributed by atoms with Gasteiger partial charge in [-0.15, -0.1) is 0 Å². The van der Waals surface area contributed by atoms with E-state index in [9.17, 15) is 13.2 Å². The molecule has 4 rings (SSSR count). The molecule has 0 aliphatic heterocycles. The highest BCUT2D eigenvalue weighted by molar-refractivity contribution is 7.89. The third-order valence-corrected chi connectivity index (χ3v) is 7.37. The number of carbonyl (C=O) groups is 1. The molecule has 0 spiro atoms. The molecule has 140 valence electrons. The van der Waals surface area contributed by atoms with Gasteiger partial charge >= 0.3 is 5.97 Å². The normalized spacial score (nSPS) is 25.3. The largest absolute Gasteiger partial charge is 0.457 e. The standard InChI is InChI=1S/C18H23N3O4S/c1-21(2)26(23,24)11-7-8-14-15(9-11)20-16(19-14)10-25-18(22)17-12-5-3-4-6-13(12)17/h7-9,12-13,17H,3-6,10H2,1-2H3,(H,19,20)/t12-,13-/m1/s1. The van der Waals surface area contributed by atoms with Gasteiger partial charge < -0.3 is 9.72 Å². The number of carbonyl (C=O) groups excluding carboxylic acids is 1. The van der Waals surface area contributed by atoms with Crippen molar-refractivity contribution in [2.24, 2.45) is 17.8 Å². The number of aromatic amines is 1. The van der Waals surface area contributed by atoms with Gasteiger partial charge in [-0.1, -0.05) is 12.8 Å². The maximum absolute atomic E-state index is 12.3. The molecule has 0 unspecified atom stereocenters. The van der Waals surface area contributed by atoms with E-state index in [4.69, 9.17) is 4.74 Å². The predicted molar refractivity (Wildman–Crippen MR) is 95.7 cm³/mol. The van der Waals surface area contributed by atoms with E-state index in [1.807, 2.05) is 0 Å². The van der Waals surface area contributed by atoms with Crippen LogP contribution in [0.2, 0.25) is 0 Å². The quantitative estimate of drug-likeness (QED) is 0.807. The molecule has 0 saturated heterocycles. The molecule has 1 aromatic heterocycles. The van der Waals surface area contributed by atoms with Crippen molar-refractivity contribution in [1.29, 1.82) is 0 Å². The van der Waals surface area contributed by atoms with E-state index < -0.39 is 10.0 Å². The van der Waals surface area contributed by atoms with Gasteiger partial charge in [0.1, 0.15) is 12.4 Å². The van der Waals surface area contributed by atoms with Crippen molar-refractivity contribution in [3.05, 3.63) is 24.0 Å². The van der Waals surface area contributed by atoms with Crippen molar-refractivity contribution in [1.82, 2.24) is 14.3 Å². The maximum atomic E-state index is 12.3. The lowest BCUT2D eigenvalue weighted by molar-refractivity contribution is -0.147. The second-order valence-corrected chi connectivity index (χ2v) is 9.55. The van der Waals surface area contributed by atoms with Gasteiger partial charge in [-0.25, -0.2) is 17.7 Å². The Morgan fingerprint density at radius 2 is 1.96 bits per heavy atom. The molecule has 2 saturated carbocycles. The van der Waals surface area contributed by atoms with Crippen LogP contribution in [-0.4, -0.2) is 42.8 Å². The van der Waals surface area contributed by atoms with E-state index >= 15 is 0 Å². The van der Waals surface area contributed by atoms with Crippen molar-refractivity contribution in [3.8, 4) is 0 Å². The summed E-state index contributed by atoms with van der Waals surface area (Å²) in [6.45, 7) is 0.0826. The molecule has 1 heterocycles. The van der Waals surface area contributed by atoms with Crippen molar-refractivity contribution in [2.75, 3.05) is 14.1 Å². The Bertz CT molecular complexity index is 938. The van der Waals surface area contributed by atoms with Crippen LogP contribution in [0.1, 0.15) is 31.5 Å². The van der Waals surface area contributed by atoms with Crippen LogP contribution in [-0.2, 0) is 26.2 Å². The molecule has 0 amide bonds. The fourth-order valence-corrected chi connectivity index (χ4v) is 4.99. The summed E-state index contributed by atoms with van der Waals surface area (Å²) in [5.41, 5.74) is 1.26. The van der Waals surface area contributed by atoms with E-state index in [0.29, 0.717) is 28.7 Å². The van der Waals surface area contributed by atoms with Crippen LogP contribution < -0.4 is 0 Å². The summed E-state index contributed by atoms with van der Waals surface area (Å²) in [7, 11) is -0.514. The van der Waals surface area contributed by atoms with Gasteiger partial charge in [0, 0.05) is 14.1 Å². The predicted octanol–water partition coefficient (Wildman–Crippen LogP) is 2.29. The SMILES string of the molecule is CN(C)S(=O)(=O)c1ccc2nc(COC(=O)C3[C@@H]4CCCC[C@@H]34)[nH]c2c1. The van der Waals surface area contributed by atoms with Crippen molar-refractivity contribution >= 4 is 27.0 Å². The number of sulfonamides is 1. The number of ether oxygens (including phenoxy) is 1. The summed E-state index contributed by atoms with van der Waals surface area (Å²) in [6.07, 6.45) is 4.70. The fraction of sp³-hybridized carbons (Fsp3) is 0.556. The van der Waals surface area contributed by atoms with E-state index in [0.717, 1.165) is 12.8 Å². The molecule has 0 radical (unpaired) electrons. The molecular formula is C18H23N3O4S. The van der Waals surface area contributed by atoms with Crippen molar-refractivity contribution in [2.45, 2.75) is 37.2 Å². The third kappa shape index (κ3) is 3.01. The number of benzene rings is 1. The van der Waals surface area contributed by atoms with Gasteiger partial charge in [-0.3, -0.25) is 4.79 Å². The molecule has 26 heavy (non-hydrogen) atoms. The van der Waals surface area contributed by atoms with Gasteiger partial charge in [0.05, 0.1) is 21.8 Å². The molecule has 2 atom stereocenters. The highest BCUT2D eigenvalue weighted by Crippen LogP contribution is 2.55. The molecule has 8 heteroatoms. The van der Waals surface area contributed by atoms with E-state index in [1.165, 1.54) is 37.3 Å². The summed E-state index contributed by atoms with van der Waals surface area (Å²) >= 11 is 0. The highest BCUT2D eigenvalue weighted by atomic mass is 32.2. The van der Waals surface area contributed by atoms with Crippen LogP contribution in [0.5, 0.6) is 0 Å². The van der Waals surface area contributed by atoms with Crippen LogP contribution in [0.3, 0.4) is 0 Å². The molecular weight excluding hydrogens is 354 g/mol. The third-order valence-electron chi connectivity index (χ3n) is 5.56. The average molecular weight is 377 g/mol. The number of hydrogen-bond donors (Lipinski definition) is 1. The van der Waals surface area contributed by atoms with E-state index in [1.54, 1.807) is 12.1 Å². The minimum atomic E-state index is -3.50. The molecule has 7 nitrogen and oxygen atoms in total. The topological polar surface area (TPSA) is 92.4 Å². The number of fused-ring (bicyclic) bond motifs is 2. The van der Waals surface area contributed by atoms with Crippen LogP contribution in [0, 0.1) is 17.8 Å². The Balaban J connectivity index is 1.45. The highest BCUT2D eigenvalue weighted by Gasteiger charge is 2.55. The number of H-pyrrole nitrogens is 1. The molecule has 2 aromatic rings. The van der Waals surface area contributed by atoms with Gasteiger partial charge in [0.2, 0.25) is 10.0 Å². The Morgan fingerprint density at radius 1 is 1.27 bits per heavy atom. The number of rotatable bonds is 5. The zero-order valence-electron chi connectivity index (χ0n) is 14.9. The Labute approximate surface area is 152 Å². The van der Waals surface area contributed by atoms with Crippen LogP contribution >= 0.6 is 0 Å². The number of esters is 1. The van der Waals surface area contributed by atoms with Crippen LogP contribution in [0.25, 0.3) is 11.0 Å². The first-order chi connectivity index (χ1) is 12.4. The molecule has 1 aromatic carbocycles. The first kappa shape index (κ1) is 17.5. The lowest BCUT2D eigenvalue weighted by Crippen LogP contribution is -2.22. The molecule has 2 aliphatic rings. The Morgan fingerprint density at radius 3 is 2.62 bits per heavy atom. The van der Waals surface area contributed by atoms with Gasteiger partial charge in [-0.05, 0) is 42.9 Å². The Kier molecular flexibility index (Phi) is 4.27. The zero-order valence-corrected chi connectivity index (χ0v) is 15.8. The van der Waals surface area contributed by atoms with Crippen LogP contribution in [0.15, 0.2) is 23.1 Å². The number of nitrogens with one attached hydrogen (secondary N) is 1. The summed E-state index contributed by atoms with van der Waals surface area (Å²) in [4.78, 5) is 19.9. The second-order valence-electron chi connectivity index (χ2n) is 7.40. The van der Waals surface area contributed by atoms with E-state index in [-0.39, 0.29) is 23.4 Å². The average Bonchev–Trinajstić information content (AvgIpc) is 3.20. The number of aromatic nitrogens is 2. The first-order valence-corrected chi connectivity index (χ1v) is 10.4. The van der Waals surface area contributed by atoms with Crippen molar-refractivity contribution in [3.63, 3.8) is 0 Å². The number of hydrogen-bond acceptors (Lipinski definition) is 5. The summed E-state index contributed by atoms with van der Waals surface area (Å²) in [5, 5.41) is 0. The molecule has 2 fully saturated rings. The van der Waals surface area contributed by atoms with Gasteiger partial charge in [0.25, 0.3) is 0 Å². The maximum Gasteiger partial charge on any atom is 0.309 e.